The second kappa shape index (κ2) is 8.80. The van der Waals surface area contributed by atoms with Gasteiger partial charge in [0.2, 0.25) is 5.91 Å². The highest BCUT2D eigenvalue weighted by Crippen LogP contribution is 2.39. The predicted molar refractivity (Wildman–Crippen MR) is 104 cm³/mol. The van der Waals surface area contributed by atoms with Crippen molar-refractivity contribution >= 4 is 30.2 Å². The van der Waals surface area contributed by atoms with Gasteiger partial charge >= 0.3 is 0 Å². The van der Waals surface area contributed by atoms with Crippen molar-refractivity contribution in [2.24, 2.45) is 5.92 Å². The van der Waals surface area contributed by atoms with Crippen LogP contribution in [0.4, 0.5) is 0 Å². The molecule has 0 saturated carbocycles. The summed E-state index contributed by atoms with van der Waals surface area (Å²) in [6.07, 6.45) is -1.62. The summed E-state index contributed by atoms with van der Waals surface area (Å²) in [5.41, 5.74) is 0. The molecule has 1 aliphatic heterocycles. The number of aliphatic hydroxyl groups is 1. The molecule has 1 N–H and O–H groups in total. The Bertz CT molecular complexity index is 455. The summed E-state index contributed by atoms with van der Waals surface area (Å²) in [4.78, 5) is 13.5. The van der Waals surface area contributed by atoms with Crippen LogP contribution in [0.1, 0.15) is 27.2 Å². The summed E-state index contributed by atoms with van der Waals surface area (Å²) < 4.78 is 17.5. The number of hydrogen-bond donors (Lipinski definition) is 1. The van der Waals surface area contributed by atoms with E-state index < -0.39 is 20.7 Å². The van der Waals surface area contributed by atoms with Crippen LogP contribution in [0.25, 0.3) is 0 Å². The molecule has 148 valence electrons. The Labute approximate surface area is 161 Å². The highest BCUT2D eigenvalue weighted by molar-refractivity contribution is 9.09. The highest BCUT2D eigenvalue weighted by atomic mass is 79.9. The number of amides is 1. The number of alkyl halides is 1. The second-order valence-corrected chi connectivity index (χ2v) is 14.3. The van der Waals surface area contributed by atoms with E-state index in [0.717, 1.165) is 0 Å². The van der Waals surface area contributed by atoms with Crippen molar-refractivity contribution in [1.29, 1.82) is 0 Å². The van der Waals surface area contributed by atoms with Crippen LogP contribution in [-0.4, -0.2) is 75.4 Å². The van der Waals surface area contributed by atoms with Crippen molar-refractivity contribution in [3.8, 4) is 0 Å². The molecule has 1 aliphatic rings. The SMILES string of the molecule is CO[C@H]1O[C@H](CO[Si](C)(C)C(C)(C)C)[C@@H](CC(=O)N(C)C)[C@H](Br)[C@H]1O. The van der Waals surface area contributed by atoms with Crippen molar-refractivity contribution in [3.05, 3.63) is 0 Å². The van der Waals surface area contributed by atoms with Crippen LogP contribution in [0.3, 0.4) is 0 Å². The molecule has 25 heavy (non-hydrogen) atoms. The van der Waals surface area contributed by atoms with E-state index in [9.17, 15) is 9.90 Å². The molecule has 5 atom stereocenters. The van der Waals surface area contributed by atoms with E-state index in [4.69, 9.17) is 13.9 Å². The fourth-order valence-corrected chi connectivity index (χ4v) is 4.25. The summed E-state index contributed by atoms with van der Waals surface area (Å²) in [6.45, 7) is 11.3. The molecule has 0 bridgehead atoms. The quantitative estimate of drug-likeness (QED) is 0.508. The molecule has 1 saturated heterocycles. The Morgan fingerprint density at radius 2 is 1.88 bits per heavy atom. The van der Waals surface area contributed by atoms with Crippen LogP contribution < -0.4 is 0 Å². The number of carbonyl (C=O) groups is 1. The number of methoxy groups -OCH3 is 1. The number of halogens is 1. The Hall–Kier alpha value is 0.00688. The summed E-state index contributed by atoms with van der Waals surface area (Å²) in [5, 5.41) is 10.5. The molecule has 1 amide bonds. The minimum Gasteiger partial charge on any atom is -0.414 e. The van der Waals surface area contributed by atoms with Crippen molar-refractivity contribution in [3.63, 3.8) is 0 Å². The number of hydrogen-bond acceptors (Lipinski definition) is 5. The number of nitrogens with zero attached hydrogens (tertiary/aromatic N) is 1. The molecule has 0 aliphatic carbocycles. The molecule has 6 nitrogen and oxygen atoms in total. The van der Waals surface area contributed by atoms with Crippen LogP contribution in [0.5, 0.6) is 0 Å². The Morgan fingerprint density at radius 1 is 1.32 bits per heavy atom. The monoisotopic (exact) mass is 439 g/mol. The van der Waals surface area contributed by atoms with E-state index in [-0.39, 0.29) is 34.2 Å². The summed E-state index contributed by atoms with van der Waals surface area (Å²) in [7, 11) is 3.01. The maximum Gasteiger partial charge on any atom is 0.222 e. The normalized spacial score (nSPS) is 31.0. The number of aliphatic hydroxyl groups excluding tert-OH is 1. The van der Waals surface area contributed by atoms with Crippen LogP contribution in [-0.2, 0) is 18.7 Å². The Morgan fingerprint density at radius 3 is 2.32 bits per heavy atom. The third kappa shape index (κ3) is 5.74. The van der Waals surface area contributed by atoms with Crippen LogP contribution in [0.15, 0.2) is 0 Å². The minimum atomic E-state index is -1.95. The zero-order valence-electron chi connectivity index (χ0n) is 16.7. The van der Waals surface area contributed by atoms with Gasteiger partial charge in [0, 0.05) is 33.5 Å². The van der Waals surface area contributed by atoms with Gasteiger partial charge in [-0.25, -0.2) is 0 Å². The summed E-state index contributed by atoms with van der Waals surface area (Å²) >= 11 is 3.55. The summed E-state index contributed by atoms with van der Waals surface area (Å²) in [6, 6.07) is 0. The van der Waals surface area contributed by atoms with Gasteiger partial charge in [0.15, 0.2) is 14.6 Å². The van der Waals surface area contributed by atoms with Crippen molar-refractivity contribution < 1.29 is 23.8 Å². The largest absolute Gasteiger partial charge is 0.414 e. The second-order valence-electron chi connectivity index (χ2n) is 8.44. The van der Waals surface area contributed by atoms with Gasteiger partial charge < -0.3 is 23.9 Å². The van der Waals surface area contributed by atoms with Gasteiger partial charge in [-0.2, -0.15) is 0 Å². The average molecular weight is 440 g/mol. The smallest absolute Gasteiger partial charge is 0.222 e. The first kappa shape index (κ1) is 23.0. The standard InChI is InChI=1S/C17H34BrNO5Si/c1-17(2,3)25(7,8)23-10-12-11(9-13(20)19(4)5)14(18)15(21)16(22-6)24-12/h11-12,14-16,21H,9-10H2,1-8H3/t11-,12-,14+,15-,16+/m1/s1. The fraction of sp³-hybridized carbons (Fsp3) is 0.941. The predicted octanol–water partition coefficient (Wildman–Crippen LogP) is 2.60. The third-order valence-electron chi connectivity index (χ3n) is 5.36. The maximum absolute atomic E-state index is 12.2. The van der Waals surface area contributed by atoms with Gasteiger partial charge in [-0.1, -0.05) is 36.7 Å². The maximum atomic E-state index is 12.2. The van der Waals surface area contributed by atoms with Gasteiger partial charge in [-0.05, 0) is 18.1 Å². The van der Waals surface area contributed by atoms with Gasteiger partial charge in [-0.3, -0.25) is 4.79 Å². The lowest BCUT2D eigenvalue weighted by Gasteiger charge is -2.44. The molecule has 0 aromatic rings. The highest BCUT2D eigenvalue weighted by Gasteiger charge is 2.46. The zero-order chi connectivity index (χ0) is 19.6. The van der Waals surface area contributed by atoms with E-state index in [1.165, 1.54) is 7.11 Å². The fourth-order valence-electron chi connectivity index (χ4n) is 2.46. The first-order chi connectivity index (χ1) is 11.3. The summed E-state index contributed by atoms with van der Waals surface area (Å²) in [5.74, 6) is -0.195. The average Bonchev–Trinajstić information content (AvgIpc) is 2.49. The molecule has 1 heterocycles. The van der Waals surface area contributed by atoms with E-state index in [0.29, 0.717) is 6.61 Å². The topological polar surface area (TPSA) is 68.2 Å². The Kier molecular flexibility index (Phi) is 8.11. The lowest BCUT2D eigenvalue weighted by Crippen LogP contribution is -2.56. The van der Waals surface area contributed by atoms with E-state index in [1.807, 2.05) is 0 Å². The Balaban J connectivity index is 2.94. The molecule has 1 fully saturated rings. The van der Waals surface area contributed by atoms with E-state index in [1.54, 1.807) is 19.0 Å². The van der Waals surface area contributed by atoms with Crippen molar-refractivity contribution in [1.82, 2.24) is 4.90 Å². The van der Waals surface area contributed by atoms with Gasteiger partial charge in [0.1, 0.15) is 6.10 Å². The lowest BCUT2D eigenvalue weighted by molar-refractivity contribution is -0.246. The third-order valence-corrected chi connectivity index (χ3v) is 11.1. The van der Waals surface area contributed by atoms with E-state index >= 15 is 0 Å². The molecule has 0 unspecified atom stereocenters. The van der Waals surface area contributed by atoms with Crippen LogP contribution >= 0.6 is 15.9 Å². The molecular formula is C17H34BrNO5Si. The molecule has 0 aromatic heterocycles. The first-order valence-electron chi connectivity index (χ1n) is 8.66. The van der Waals surface area contributed by atoms with Gasteiger partial charge in [0.25, 0.3) is 0 Å². The lowest BCUT2D eigenvalue weighted by atomic mass is 9.89. The molecule has 0 spiro atoms. The van der Waals surface area contributed by atoms with Crippen molar-refractivity contribution in [2.75, 3.05) is 27.8 Å². The zero-order valence-corrected chi connectivity index (χ0v) is 19.3. The number of rotatable bonds is 6. The van der Waals surface area contributed by atoms with Crippen LogP contribution in [0.2, 0.25) is 18.1 Å². The first-order valence-corrected chi connectivity index (χ1v) is 12.5. The molecule has 8 heteroatoms. The molecular weight excluding hydrogens is 406 g/mol. The number of ether oxygens (including phenoxy) is 2. The number of carbonyl (C=O) groups excluding carboxylic acids is 1. The minimum absolute atomic E-state index is 0.00144. The van der Waals surface area contributed by atoms with Crippen molar-refractivity contribution in [2.45, 2.75) is 68.6 Å². The molecule has 0 radical (unpaired) electrons. The molecule has 1 rings (SSSR count). The van der Waals surface area contributed by atoms with E-state index in [2.05, 4.69) is 49.8 Å². The van der Waals surface area contributed by atoms with Gasteiger partial charge in [0.05, 0.1) is 17.5 Å². The van der Waals surface area contributed by atoms with Gasteiger partial charge in [-0.15, -0.1) is 0 Å². The molecule has 0 aromatic carbocycles. The van der Waals surface area contributed by atoms with Crippen LogP contribution in [0, 0.1) is 5.92 Å².